The summed E-state index contributed by atoms with van der Waals surface area (Å²) in [4.78, 5) is 0. The van der Waals surface area contributed by atoms with Crippen molar-refractivity contribution in [2.45, 2.75) is 39.4 Å². The maximum Gasteiger partial charge on any atom is 0.0856 e. The Hall–Kier alpha value is -0.860. The molecule has 0 spiro atoms. The summed E-state index contributed by atoms with van der Waals surface area (Å²) in [5, 5.41) is 10.1. The molecule has 1 aromatic carbocycles. The molecule has 1 N–H and O–H groups in total. The molecule has 2 heteroatoms. The van der Waals surface area contributed by atoms with Gasteiger partial charge in [-0.05, 0) is 18.4 Å². The van der Waals surface area contributed by atoms with E-state index in [0.29, 0.717) is 12.3 Å². The van der Waals surface area contributed by atoms with Gasteiger partial charge in [-0.2, -0.15) is 0 Å². The van der Waals surface area contributed by atoms with Crippen LogP contribution >= 0.6 is 0 Å². The maximum atomic E-state index is 10.1. The fourth-order valence-electron chi connectivity index (χ4n) is 2.07. The van der Waals surface area contributed by atoms with Crippen molar-refractivity contribution in [1.82, 2.24) is 0 Å². The number of hydrogen-bond donors (Lipinski definition) is 1. The van der Waals surface area contributed by atoms with Gasteiger partial charge in [-0.25, -0.2) is 0 Å². The van der Waals surface area contributed by atoms with E-state index in [4.69, 9.17) is 4.74 Å². The largest absolute Gasteiger partial charge is 0.390 e. The molecule has 0 saturated heterocycles. The highest BCUT2D eigenvalue weighted by atomic mass is 16.5. The molecule has 0 aromatic heterocycles. The Morgan fingerprint density at radius 1 is 1.31 bits per heavy atom. The van der Waals surface area contributed by atoms with Gasteiger partial charge in [0.1, 0.15) is 0 Å². The second-order valence-electron chi connectivity index (χ2n) is 4.70. The molecule has 1 aromatic rings. The molecular formula is C14H22O2. The number of aliphatic hydroxyl groups is 1. The molecule has 1 rings (SSSR count). The number of ether oxygens (including phenoxy) is 1. The highest BCUT2D eigenvalue weighted by molar-refractivity contribution is 5.22. The standard InChI is InChI=1S/C14H22O2/c1-10(2)14(16-4)13(15)9-12-7-5-6-11(3)8-12/h5-8,10,13-15H,9H2,1-4H3. The van der Waals surface area contributed by atoms with Gasteiger partial charge in [0, 0.05) is 13.5 Å². The number of aliphatic hydroxyl groups excluding tert-OH is 1. The molecule has 2 nitrogen and oxygen atoms in total. The quantitative estimate of drug-likeness (QED) is 0.829. The topological polar surface area (TPSA) is 29.5 Å². The van der Waals surface area contributed by atoms with Gasteiger partial charge in [0.15, 0.2) is 0 Å². The lowest BCUT2D eigenvalue weighted by Crippen LogP contribution is -2.34. The monoisotopic (exact) mass is 222 g/mol. The van der Waals surface area contributed by atoms with Crippen LogP contribution in [-0.4, -0.2) is 24.4 Å². The van der Waals surface area contributed by atoms with E-state index in [1.54, 1.807) is 7.11 Å². The van der Waals surface area contributed by atoms with Crippen molar-refractivity contribution < 1.29 is 9.84 Å². The number of methoxy groups -OCH3 is 1. The lowest BCUT2D eigenvalue weighted by atomic mass is 9.96. The molecule has 2 atom stereocenters. The van der Waals surface area contributed by atoms with E-state index in [1.807, 2.05) is 12.1 Å². The summed E-state index contributed by atoms with van der Waals surface area (Å²) < 4.78 is 5.33. The van der Waals surface area contributed by atoms with E-state index in [-0.39, 0.29) is 6.10 Å². The summed E-state index contributed by atoms with van der Waals surface area (Å²) >= 11 is 0. The van der Waals surface area contributed by atoms with Gasteiger partial charge in [-0.3, -0.25) is 0 Å². The van der Waals surface area contributed by atoms with E-state index in [9.17, 15) is 5.11 Å². The van der Waals surface area contributed by atoms with Crippen molar-refractivity contribution in [3.05, 3.63) is 35.4 Å². The van der Waals surface area contributed by atoms with E-state index in [1.165, 1.54) is 5.56 Å². The first-order chi connectivity index (χ1) is 7.54. The number of benzene rings is 1. The second kappa shape index (κ2) is 6.02. The zero-order chi connectivity index (χ0) is 12.1. The van der Waals surface area contributed by atoms with Crippen LogP contribution in [0.3, 0.4) is 0 Å². The molecule has 0 heterocycles. The summed E-state index contributed by atoms with van der Waals surface area (Å²) in [7, 11) is 1.66. The van der Waals surface area contributed by atoms with Crippen LogP contribution in [0.5, 0.6) is 0 Å². The molecule has 90 valence electrons. The van der Waals surface area contributed by atoms with Gasteiger partial charge in [0.25, 0.3) is 0 Å². The van der Waals surface area contributed by atoms with Crippen molar-refractivity contribution in [2.75, 3.05) is 7.11 Å². The zero-order valence-electron chi connectivity index (χ0n) is 10.6. The van der Waals surface area contributed by atoms with Crippen LogP contribution in [-0.2, 0) is 11.2 Å². The van der Waals surface area contributed by atoms with Gasteiger partial charge in [-0.15, -0.1) is 0 Å². The lowest BCUT2D eigenvalue weighted by molar-refractivity contribution is -0.0367. The summed E-state index contributed by atoms with van der Waals surface area (Å²) in [5.74, 6) is 0.324. The van der Waals surface area contributed by atoms with Crippen molar-refractivity contribution >= 4 is 0 Å². The molecule has 0 radical (unpaired) electrons. The molecule has 0 fully saturated rings. The molecule has 16 heavy (non-hydrogen) atoms. The SMILES string of the molecule is COC(C(C)C)C(O)Cc1cccc(C)c1. The Bertz CT molecular complexity index is 320. The predicted octanol–water partition coefficient (Wildman–Crippen LogP) is 2.57. The van der Waals surface area contributed by atoms with Crippen molar-refractivity contribution in [3.63, 3.8) is 0 Å². The molecule has 0 aliphatic rings. The molecule has 0 saturated carbocycles. The average molecular weight is 222 g/mol. The van der Waals surface area contributed by atoms with Gasteiger partial charge in [0.05, 0.1) is 12.2 Å². The van der Waals surface area contributed by atoms with Crippen LogP contribution in [0.15, 0.2) is 24.3 Å². The van der Waals surface area contributed by atoms with Gasteiger partial charge in [0.2, 0.25) is 0 Å². The van der Waals surface area contributed by atoms with E-state index in [2.05, 4.69) is 32.9 Å². The van der Waals surface area contributed by atoms with Gasteiger partial charge >= 0.3 is 0 Å². The van der Waals surface area contributed by atoms with Crippen LogP contribution in [0.2, 0.25) is 0 Å². The van der Waals surface area contributed by atoms with Crippen molar-refractivity contribution in [3.8, 4) is 0 Å². The number of rotatable bonds is 5. The lowest BCUT2D eigenvalue weighted by Gasteiger charge is -2.25. The van der Waals surface area contributed by atoms with Gasteiger partial charge < -0.3 is 9.84 Å². The Morgan fingerprint density at radius 3 is 2.50 bits per heavy atom. The fourth-order valence-corrected chi connectivity index (χ4v) is 2.07. The number of aryl methyl sites for hydroxylation is 1. The average Bonchev–Trinajstić information content (AvgIpc) is 2.17. The van der Waals surface area contributed by atoms with E-state index in [0.717, 1.165) is 5.56 Å². The Morgan fingerprint density at radius 2 is 2.00 bits per heavy atom. The first-order valence-electron chi connectivity index (χ1n) is 5.81. The smallest absolute Gasteiger partial charge is 0.0856 e. The zero-order valence-corrected chi connectivity index (χ0v) is 10.6. The first kappa shape index (κ1) is 13.2. The van der Waals surface area contributed by atoms with Crippen molar-refractivity contribution in [2.24, 2.45) is 5.92 Å². The Balaban J connectivity index is 2.66. The third-order valence-corrected chi connectivity index (χ3v) is 2.84. The minimum absolute atomic E-state index is 0.0967. The maximum absolute atomic E-state index is 10.1. The summed E-state index contributed by atoms with van der Waals surface area (Å²) in [6, 6.07) is 8.24. The molecule has 0 aliphatic heterocycles. The second-order valence-corrected chi connectivity index (χ2v) is 4.70. The molecular weight excluding hydrogens is 200 g/mol. The molecule has 2 unspecified atom stereocenters. The van der Waals surface area contributed by atoms with E-state index >= 15 is 0 Å². The Kier molecular flexibility index (Phi) is 4.97. The van der Waals surface area contributed by atoms with Crippen LogP contribution in [0.4, 0.5) is 0 Å². The third-order valence-electron chi connectivity index (χ3n) is 2.84. The highest BCUT2D eigenvalue weighted by Gasteiger charge is 2.22. The molecule has 0 bridgehead atoms. The molecule has 0 amide bonds. The van der Waals surface area contributed by atoms with Crippen LogP contribution in [0.1, 0.15) is 25.0 Å². The third kappa shape index (κ3) is 3.62. The Labute approximate surface area is 98.3 Å². The van der Waals surface area contributed by atoms with Crippen LogP contribution < -0.4 is 0 Å². The minimum Gasteiger partial charge on any atom is -0.390 e. The molecule has 0 aliphatic carbocycles. The fraction of sp³-hybridized carbons (Fsp3) is 0.571. The predicted molar refractivity (Wildman–Crippen MR) is 66.5 cm³/mol. The van der Waals surface area contributed by atoms with Crippen LogP contribution in [0, 0.1) is 12.8 Å². The number of hydrogen-bond acceptors (Lipinski definition) is 2. The van der Waals surface area contributed by atoms with Crippen molar-refractivity contribution in [1.29, 1.82) is 0 Å². The van der Waals surface area contributed by atoms with E-state index < -0.39 is 6.10 Å². The first-order valence-corrected chi connectivity index (χ1v) is 5.81. The summed E-state index contributed by atoms with van der Waals surface area (Å²) in [6.45, 7) is 6.19. The normalized spacial score (nSPS) is 15.1. The highest BCUT2D eigenvalue weighted by Crippen LogP contribution is 2.15. The minimum atomic E-state index is -0.438. The van der Waals surface area contributed by atoms with Crippen LogP contribution in [0.25, 0.3) is 0 Å². The summed E-state index contributed by atoms with van der Waals surface area (Å²) in [6.07, 6.45) is 0.116. The van der Waals surface area contributed by atoms with Gasteiger partial charge in [-0.1, -0.05) is 43.7 Å². The summed E-state index contributed by atoms with van der Waals surface area (Å²) in [5.41, 5.74) is 2.39.